The SMILES string of the molecule is CC(C)CC1(CC(C)C)CC(=O)NC1C(=O)O. The Balaban J connectivity index is 3.01. The van der Waals surface area contributed by atoms with E-state index in [1.807, 2.05) is 0 Å². The van der Waals surface area contributed by atoms with Gasteiger partial charge in [-0.15, -0.1) is 0 Å². The highest BCUT2D eigenvalue weighted by Gasteiger charge is 2.50. The molecular weight excluding hydrogens is 218 g/mol. The summed E-state index contributed by atoms with van der Waals surface area (Å²) in [6.07, 6.45) is 1.90. The second-order valence-corrected chi connectivity index (χ2v) is 6.07. The van der Waals surface area contributed by atoms with Gasteiger partial charge in [0.05, 0.1) is 0 Å². The Bertz CT molecular complexity index is 300. The summed E-state index contributed by atoms with van der Waals surface area (Å²) in [5.74, 6) is -0.248. The third-order valence-electron chi connectivity index (χ3n) is 3.31. The largest absolute Gasteiger partial charge is 0.480 e. The fraction of sp³-hybridized carbons (Fsp3) is 0.846. The molecule has 0 aromatic rings. The molecule has 0 aromatic carbocycles. The molecule has 1 atom stereocenters. The minimum absolute atomic E-state index is 0.126. The van der Waals surface area contributed by atoms with Gasteiger partial charge >= 0.3 is 5.97 Å². The van der Waals surface area contributed by atoms with Crippen molar-refractivity contribution in [2.45, 2.75) is 53.0 Å². The van der Waals surface area contributed by atoms with Gasteiger partial charge in [-0.1, -0.05) is 27.7 Å². The van der Waals surface area contributed by atoms with Gasteiger partial charge in [-0.2, -0.15) is 0 Å². The zero-order valence-corrected chi connectivity index (χ0v) is 11.1. The van der Waals surface area contributed by atoms with Crippen LogP contribution in [0.5, 0.6) is 0 Å². The van der Waals surface area contributed by atoms with Gasteiger partial charge in [-0.25, -0.2) is 4.79 Å². The van der Waals surface area contributed by atoms with Gasteiger partial charge < -0.3 is 10.4 Å². The van der Waals surface area contributed by atoms with Crippen LogP contribution in [0.25, 0.3) is 0 Å². The summed E-state index contributed by atoms with van der Waals surface area (Å²) < 4.78 is 0. The van der Waals surface area contributed by atoms with Crippen LogP contribution in [0.4, 0.5) is 0 Å². The van der Waals surface area contributed by atoms with E-state index >= 15 is 0 Å². The van der Waals surface area contributed by atoms with Crippen molar-refractivity contribution in [2.75, 3.05) is 0 Å². The second kappa shape index (κ2) is 5.07. The molecule has 0 radical (unpaired) electrons. The predicted octanol–water partition coefficient (Wildman–Crippen LogP) is 2.04. The maximum absolute atomic E-state index is 11.6. The summed E-state index contributed by atoms with van der Waals surface area (Å²) in [7, 11) is 0. The average Bonchev–Trinajstić information content (AvgIpc) is 2.39. The molecule has 0 spiro atoms. The number of carboxylic acids is 1. The number of amides is 1. The first-order chi connectivity index (χ1) is 7.77. The van der Waals surface area contributed by atoms with Gasteiger partial charge in [0.25, 0.3) is 0 Å². The number of carboxylic acid groups (broad SMARTS) is 1. The lowest BCUT2D eigenvalue weighted by atomic mass is 9.69. The molecule has 1 rings (SSSR count). The van der Waals surface area contributed by atoms with Crippen LogP contribution < -0.4 is 5.32 Å². The van der Waals surface area contributed by atoms with Gasteiger partial charge in [-0.05, 0) is 24.7 Å². The van der Waals surface area contributed by atoms with Crippen LogP contribution in [0.1, 0.15) is 47.0 Å². The molecule has 2 N–H and O–H groups in total. The maximum Gasteiger partial charge on any atom is 0.326 e. The fourth-order valence-corrected chi connectivity index (χ4v) is 3.20. The van der Waals surface area contributed by atoms with Crippen LogP contribution in [-0.2, 0) is 9.59 Å². The number of hydrogen-bond acceptors (Lipinski definition) is 2. The Labute approximate surface area is 103 Å². The van der Waals surface area contributed by atoms with Crippen LogP contribution in [0.3, 0.4) is 0 Å². The molecule has 4 nitrogen and oxygen atoms in total. The average molecular weight is 241 g/mol. The van der Waals surface area contributed by atoms with Crippen molar-refractivity contribution in [1.29, 1.82) is 0 Å². The van der Waals surface area contributed by atoms with Crippen molar-refractivity contribution < 1.29 is 14.7 Å². The van der Waals surface area contributed by atoms with Crippen LogP contribution in [0.2, 0.25) is 0 Å². The Morgan fingerprint density at radius 2 is 1.82 bits per heavy atom. The van der Waals surface area contributed by atoms with E-state index in [0.29, 0.717) is 18.3 Å². The van der Waals surface area contributed by atoms with Crippen molar-refractivity contribution in [2.24, 2.45) is 17.3 Å². The first-order valence-corrected chi connectivity index (χ1v) is 6.29. The third kappa shape index (κ3) is 3.20. The zero-order valence-electron chi connectivity index (χ0n) is 11.1. The fourth-order valence-electron chi connectivity index (χ4n) is 3.20. The molecular formula is C13H23NO3. The van der Waals surface area contributed by atoms with Crippen LogP contribution >= 0.6 is 0 Å². The molecule has 1 fully saturated rings. The van der Waals surface area contributed by atoms with E-state index in [-0.39, 0.29) is 5.91 Å². The van der Waals surface area contributed by atoms with E-state index in [0.717, 1.165) is 12.8 Å². The minimum Gasteiger partial charge on any atom is -0.480 e. The van der Waals surface area contributed by atoms with Crippen molar-refractivity contribution in [3.63, 3.8) is 0 Å². The van der Waals surface area contributed by atoms with Gasteiger partial charge in [0.2, 0.25) is 5.91 Å². The molecule has 1 amide bonds. The summed E-state index contributed by atoms with van der Waals surface area (Å²) in [6.45, 7) is 8.29. The summed E-state index contributed by atoms with van der Waals surface area (Å²) in [4.78, 5) is 22.9. The Morgan fingerprint density at radius 3 is 2.18 bits per heavy atom. The number of carbonyl (C=O) groups excluding carboxylic acids is 1. The monoisotopic (exact) mass is 241 g/mol. The number of aliphatic carboxylic acids is 1. The molecule has 1 saturated heterocycles. The van der Waals surface area contributed by atoms with E-state index < -0.39 is 17.4 Å². The maximum atomic E-state index is 11.6. The van der Waals surface area contributed by atoms with Crippen molar-refractivity contribution in [1.82, 2.24) is 5.32 Å². The molecule has 1 aliphatic heterocycles. The highest BCUT2D eigenvalue weighted by atomic mass is 16.4. The molecule has 0 bridgehead atoms. The lowest BCUT2D eigenvalue weighted by molar-refractivity contribution is -0.143. The number of nitrogens with one attached hydrogen (secondary N) is 1. The lowest BCUT2D eigenvalue weighted by Crippen LogP contribution is -2.45. The van der Waals surface area contributed by atoms with Gasteiger partial charge in [-0.3, -0.25) is 4.79 Å². The molecule has 17 heavy (non-hydrogen) atoms. The molecule has 98 valence electrons. The van der Waals surface area contributed by atoms with Crippen LogP contribution in [0.15, 0.2) is 0 Å². The van der Waals surface area contributed by atoms with E-state index in [1.54, 1.807) is 0 Å². The predicted molar refractivity (Wildman–Crippen MR) is 65.5 cm³/mol. The normalized spacial score (nSPS) is 23.2. The van der Waals surface area contributed by atoms with Crippen LogP contribution in [-0.4, -0.2) is 23.0 Å². The first kappa shape index (κ1) is 14.0. The van der Waals surface area contributed by atoms with E-state index in [1.165, 1.54) is 0 Å². The second-order valence-electron chi connectivity index (χ2n) is 6.07. The van der Waals surface area contributed by atoms with Crippen molar-refractivity contribution >= 4 is 11.9 Å². The molecule has 0 aromatic heterocycles. The first-order valence-electron chi connectivity index (χ1n) is 6.29. The summed E-state index contributed by atoms with van der Waals surface area (Å²) in [5, 5.41) is 11.9. The Morgan fingerprint density at radius 1 is 1.35 bits per heavy atom. The third-order valence-corrected chi connectivity index (χ3v) is 3.31. The Kier molecular flexibility index (Phi) is 4.17. The van der Waals surface area contributed by atoms with E-state index in [9.17, 15) is 14.7 Å². The zero-order chi connectivity index (χ0) is 13.2. The van der Waals surface area contributed by atoms with Gasteiger partial charge in [0.15, 0.2) is 0 Å². The highest BCUT2D eigenvalue weighted by molar-refractivity contribution is 5.89. The summed E-state index contributed by atoms with van der Waals surface area (Å²) in [5.41, 5.74) is -0.411. The highest BCUT2D eigenvalue weighted by Crippen LogP contribution is 2.43. The number of carbonyl (C=O) groups is 2. The van der Waals surface area contributed by atoms with E-state index in [2.05, 4.69) is 33.0 Å². The quantitative estimate of drug-likeness (QED) is 0.774. The van der Waals surface area contributed by atoms with E-state index in [4.69, 9.17) is 0 Å². The molecule has 1 aliphatic rings. The lowest BCUT2D eigenvalue weighted by Gasteiger charge is -2.35. The standard InChI is InChI=1S/C13H23NO3/c1-8(2)5-13(6-9(3)4)7-10(15)14-11(13)12(16)17/h8-9,11H,5-7H2,1-4H3,(H,14,15)(H,16,17). The molecule has 1 unspecified atom stereocenters. The Hall–Kier alpha value is -1.06. The molecule has 0 aliphatic carbocycles. The van der Waals surface area contributed by atoms with Crippen molar-refractivity contribution in [3.05, 3.63) is 0 Å². The van der Waals surface area contributed by atoms with Crippen LogP contribution in [0, 0.1) is 17.3 Å². The molecule has 0 saturated carbocycles. The molecule has 4 heteroatoms. The van der Waals surface area contributed by atoms with Gasteiger partial charge in [0, 0.05) is 11.8 Å². The van der Waals surface area contributed by atoms with Gasteiger partial charge in [0.1, 0.15) is 6.04 Å². The smallest absolute Gasteiger partial charge is 0.326 e. The minimum atomic E-state index is -0.905. The topological polar surface area (TPSA) is 66.4 Å². The van der Waals surface area contributed by atoms with Crippen molar-refractivity contribution in [3.8, 4) is 0 Å². The molecule has 1 heterocycles. The number of hydrogen-bond donors (Lipinski definition) is 2. The summed E-state index contributed by atoms with van der Waals surface area (Å²) >= 11 is 0. The summed E-state index contributed by atoms with van der Waals surface area (Å²) in [6, 6.07) is -0.722. The number of rotatable bonds is 5.